The van der Waals surface area contributed by atoms with Crippen molar-refractivity contribution in [3.05, 3.63) is 29.6 Å². The van der Waals surface area contributed by atoms with Crippen LogP contribution in [0.15, 0.2) is 12.1 Å². The topological polar surface area (TPSA) is 0 Å². The van der Waals surface area contributed by atoms with E-state index in [9.17, 15) is 13.2 Å². The van der Waals surface area contributed by atoms with Gasteiger partial charge in [0.1, 0.15) is 0 Å². The lowest BCUT2D eigenvalue weighted by Crippen LogP contribution is -2.22. The van der Waals surface area contributed by atoms with Gasteiger partial charge in [-0.25, -0.2) is 13.2 Å². The molecule has 20 heavy (non-hydrogen) atoms. The molecule has 1 aliphatic rings. The van der Waals surface area contributed by atoms with Gasteiger partial charge in [-0.2, -0.15) is 0 Å². The highest BCUT2D eigenvalue weighted by atomic mass is 28.2. The first kappa shape index (κ1) is 15.6. The largest absolute Gasteiger partial charge is 0.204 e. The van der Waals surface area contributed by atoms with Crippen molar-refractivity contribution in [2.45, 2.75) is 51.5 Å². The molecule has 0 atom stereocenters. The van der Waals surface area contributed by atoms with Gasteiger partial charge in [0, 0.05) is 0 Å². The minimum absolute atomic E-state index is 0.371. The Bertz CT molecular complexity index is 416. The van der Waals surface area contributed by atoms with Gasteiger partial charge < -0.3 is 0 Å². The summed E-state index contributed by atoms with van der Waals surface area (Å²) in [6, 6.07) is 3.25. The predicted octanol–water partition coefficient (Wildman–Crippen LogP) is 4.46. The number of hydrogen-bond acceptors (Lipinski definition) is 0. The second-order valence-electron chi connectivity index (χ2n) is 5.81. The van der Waals surface area contributed by atoms with E-state index in [0.717, 1.165) is 24.1 Å². The van der Waals surface area contributed by atoms with Crippen LogP contribution in [0.25, 0.3) is 0 Å². The van der Waals surface area contributed by atoms with Crippen molar-refractivity contribution < 1.29 is 13.2 Å². The summed E-state index contributed by atoms with van der Waals surface area (Å²) in [5.41, 5.74) is 0. The van der Waals surface area contributed by atoms with Crippen LogP contribution in [0.1, 0.15) is 45.4 Å². The maximum atomic E-state index is 13.1. The molecule has 2 rings (SSSR count). The Morgan fingerprint density at radius 3 is 2.10 bits per heavy atom. The smallest absolute Gasteiger partial charge is 0.194 e. The molecule has 0 aromatic heterocycles. The lowest BCUT2D eigenvalue weighted by Gasteiger charge is -2.28. The molecular formula is C16H21F3Si. The minimum atomic E-state index is -1.36. The number of halogens is 3. The molecule has 0 aliphatic heterocycles. The van der Waals surface area contributed by atoms with E-state index >= 15 is 0 Å². The van der Waals surface area contributed by atoms with Gasteiger partial charge in [-0.15, -0.1) is 0 Å². The molecule has 2 radical (unpaired) electrons. The van der Waals surface area contributed by atoms with Crippen molar-refractivity contribution >= 4 is 14.7 Å². The predicted molar refractivity (Wildman–Crippen MR) is 76.9 cm³/mol. The fraction of sp³-hybridized carbons (Fsp3) is 0.625. The molecular weight excluding hydrogens is 277 g/mol. The van der Waals surface area contributed by atoms with E-state index in [4.69, 9.17) is 0 Å². The summed E-state index contributed by atoms with van der Waals surface area (Å²) in [5.74, 6) is -1.96. The number of rotatable bonds is 5. The number of hydrogen-bond donors (Lipinski definition) is 0. The summed E-state index contributed by atoms with van der Waals surface area (Å²) >= 11 is 0. The Hall–Kier alpha value is -0.773. The molecule has 1 fully saturated rings. The molecule has 0 amide bonds. The van der Waals surface area contributed by atoms with Crippen LogP contribution in [0.2, 0.25) is 6.04 Å². The third-order valence-corrected chi connectivity index (χ3v) is 5.72. The third kappa shape index (κ3) is 4.11. The summed E-state index contributed by atoms with van der Waals surface area (Å²) in [7, 11) is 0.371. The van der Waals surface area contributed by atoms with Crippen LogP contribution < -0.4 is 5.19 Å². The quantitative estimate of drug-likeness (QED) is 0.556. The lowest BCUT2D eigenvalue weighted by atomic mass is 9.81. The van der Waals surface area contributed by atoms with E-state index in [1.54, 1.807) is 0 Å². The first-order chi connectivity index (χ1) is 9.60. The Morgan fingerprint density at radius 2 is 1.55 bits per heavy atom. The Kier molecular flexibility index (Phi) is 5.70. The maximum absolute atomic E-state index is 13.1. The summed E-state index contributed by atoms with van der Waals surface area (Å²) < 4.78 is 39.1. The second-order valence-corrected chi connectivity index (χ2v) is 7.15. The van der Waals surface area contributed by atoms with Crippen LogP contribution in [0, 0.1) is 29.3 Å². The highest BCUT2D eigenvalue weighted by Crippen LogP contribution is 2.33. The van der Waals surface area contributed by atoms with Crippen LogP contribution in [-0.4, -0.2) is 9.52 Å². The molecule has 0 unspecified atom stereocenters. The molecule has 1 aliphatic carbocycles. The van der Waals surface area contributed by atoms with Gasteiger partial charge >= 0.3 is 0 Å². The molecule has 0 spiro atoms. The van der Waals surface area contributed by atoms with Gasteiger partial charge in [0.25, 0.3) is 0 Å². The summed E-state index contributed by atoms with van der Waals surface area (Å²) in [4.78, 5) is 0. The summed E-state index contributed by atoms with van der Waals surface area (Å²) in [6.45, 7) is 2.23. The van der Waals surface area contributed by atoms with Crippen LogP contribution >= 0.6 is 0 Å². The maximum Gasteiger partial charge on any atom is 0.194 e. The van der Waals surface area contributed by atoms with Crippen molar-refractivity contribution in [3.63, 3.8) is 0 Å². The second kappa shape index (κ2) is 7.30. The van der Waals surface area contributed by atoms with Gasteiger partial charge in [0.2, 0.25) is 0 Å². The van der Waals surface area contributed by atoms with Gasteiger partial charge in [-0.05, 0) is 24.0 Å². The van der Waals surface area contributed by atoms with Crippen LogP contribution in [0.4, 0.5) is 13.2 Å². The zero-order chi connectivity index (χ0) is 14.5. The highest BCUT2D eigenvalue weighted by Gasteiger charge is 2.21. The van der Waals surface area contributed by atoms with Crippen LogP contribution in [0.3, 0.4) is 0 Å². The molecule has 0 bridgehead atoms. The van der Waals surface area contributed by atoms with Crippen LogP contribution in [0.5, 0.6) is 0 Å². The molecule has 4 heteroatoms. The van der Waals surface area contributed by atoms with Crippen molar-refractivity contribution in [1.82, 2.24) is 0 Å². The standard InChI is InChI=1S/C16H21F3Si/c1-2-3-11-4-6-12(7-5-11)10-20-13-8-14(17)16(19)15(18)9-13/h8-9,11-12H,2-7,10H2,1H3. The molecule has 0 saturated heterocycles. The lowest BCUT2D eigenvalue weighted by molar-refractivity contribution is 0.276. The first-order valence-electron chi connectivity index (χ1n) is 7.48. The van der Waals surface area contributed by atoms with Crippen molar-refractivity contribution in [1.29, 1.82) is 0 Å². The SMILES string of the molecule is CCCC1CCC(C[Si]c2cc(F)c(F)c(F)c2)CC1. The highest BCUT2D eigenvalue weighted by molar-refractivity contribution is 6.53. The van der Waals surface area contributed by atoms with E-state index in [2.05, 4.69) is 6.92 Å². The fourth-order valence-corrected chi connectivity index (χ4v) is 4.44. The van der Waals surface area contributed by atoms with Crippen molar-refractivity contribution in [3.8, 4) is 0 Å². The molecule has 1 aromatic rings. The van der Waals surface area contributed by atoms with E-state index < -0.39 is 17.5 Å². The normalized spacial score (nSPS) is 23.0. The fourth-order valence-electron chi connectivity index (χ4n) is 3.05. The van der Waals surface area contributed by atoms with Gasteiger partial charge in [-0.3, -0.25) is 0 Å². The Morgan fingerprint density at radius 1 is 1.00 bits per heavy atom. The van der Waals surface area contributed by atoms with Crippen molar-refractivity contribution in [2.75, 3.05) is 0 Å². The van der Waals surface area contributed by atoms with Gasteiger partial charge in [0.05, 0.1) is 9.52 Å². The zero-order valence-electron chi connectivity index (χ0n) is 11.9. The van der Waals surface area contributed by atoms with Gasteiger partial charge in [0.15, 0.2) is 17.5 Å². The molecule has 0 heterocycles. The molecule has 0 N–H and O–H groups in total. The summed E-state index contributed by atoms with van der Waals surface area (Å²) in [5, 5.41) is 0.595. The van der Waals surface area contributed by atoms with Crippen molar-refractivity contribution in [2.24, 2.45) is 11.8 Å². The van der Waals surface area contributed by atoms with Gasteiger partial charge in [-0.1, -0.05) is 56.7 Å². The van der Waals surface area contributed by atoms with E-state index in [0.29, 0.717) is 20.6 Å². The number of benzene rings is 1. The van der Waals surface area contributed by atoms with E-state index in [-0.39, 0.29) is 0 Å². The monoisotopic (exact) mass is 298 g/mol. The molecule has 1 saturated carbocycles. The minimum Gasteiger partial charge on any atom is -0.204 e. The zero-order valence-corrected chi connectivity index (χ0v) is 12.9. The first-order valence-corrected chi connectivity index (χ1v) is 8.69. The average molecular weight is 298 g/mol. The van der Waals surface area contributed by atoms with E-state index in [1.165, 1.54) is 38.5 Å². The average Bonchev–Trinajstić information content (AvgIpc) is 2.44. The third-order valence-electron chi connectivity index (χ3n) is 4.24. The van der Waals surface area contributed by atoms with Crippen LogP contribution in [-0.2, 0) is 0 Å². The van der Waals surface area contributed by atoms with E-state index in [1.807, 2.05) is 0 Å². The Balaban J connectivity index is 1.82. The molecule has 0 nitrogen and oxygen atoms in total. The summed E-state index contributed by atoms with van der Waals surface area (Å²) in [6.07, 6.45) is 7.60. The molecule has 1 aromatic carbocycles. The molecule has 110 valence electrons. The Labute approximate surface area is 121 Å².